The highest BCUT2D eigenvalue weighted by Crippen LogP contribution is 2.48. The fourth-order valence-electron chi connectivity index (χ4n) is 4.19. The van der Waals surface area contributed by atoms with Crippen LogP contribution in [0.3, 0.4) is 0 Å². The molecule has 1 aliphatic carbocycles. The molecule has 0 unspecified atom stereocenters. The summed E-state index contributed by atoms with van der Waals surface area (Å²) in [5.41, 5.74) is 0.678. The molecule has 0 heterocycles. The Kier molecular flexibility index (Phi) is 6.13. The van der Waals surface area contributed by atoms with Gasteiger partial charge in [0.1, 0.15) is 11.6 Å². The van der Waals surface area contributed by atoms with Crippen LogP contribution in [0.1, 0.15) is 36.1 Å². The lowest BCUT2D eigenvalue weighted by Crippen LogP contribution is -2.26. The van der Waals surface area contributed by atoms with Crippen LogP contribution in [0.15, 0.2) is 48.5 Å². The van der Waals surface area contributed by atoms with Gasteiger partial charge in [0.25, 0.3) is 5.92 Å². The van der Waals surface area contributed by atoms with Crippen LogP contribution in [0, 0.1) is 11.6 Å². The largest absolute Gasteiger partial charge is 0.494 e. The van der Waals surface area contributed by atoms with Crippen molar-refractivity contribution < 1.29 is 27.0 Å². The van der Waals surface area contributed by atoms with Gasteiger partial charge in [-0.2, -0.15) is 0 Å². The first-order chi connectivity index (χ1) is 15.4. The van der Waals surface area contributed by atoms with Gasteiger partial charge in [-0.25, -0.2) is 17.6 Å². The van der Waals surface area contributed by atoms with E-state index >= 15 is 13.2 Å². The zero-order valence-electron chi connectivity index (χ0n) is 18.0. The minimum absolute atomic E-state index is 0.0283. The van der Waals surface area contributed by atoms with Crippen molar-refractivity contribution in [1.82, 2.24) is 0 Å². The van der Waals surface area contributed by atoms with Crippen LogP contribution < -0.4 is 9.47 Å². The molecule has 168 valence electrons. The molecule has 4 rings (SSSR count). The summed E-state index contributed by atoms with van der Waals surface area (Å²) < 4.78 is 70.7. The van der Waals surface area contributed by atoms with Crippen molar-refractivity contribution in [2.45, 2.75) is 39.0 Å². The molecule has 6 heteroatoms. The highest BCUT2D eigenvalue weighted by molar-refractivity contribution is 5.76. The molecule has 0 N–H and O–H groups in total. The number of benzene rings is 3. The van der Waals surface area contributed by atoms with Crippen LogP contribution in [0.4, 0.5) is 17.6 Å². The second-order valence-electron chi connectivity index (χ2n) is 7.76. The summed E-state index contributed by atoms with van der Waals surface area (Å²) in [6.45, 7) is 4.36. The fraction of sp³-hybridized carbons (Fsp3) is 0.308. The van der Waals surface area contributed by atoms with Crippen LogP contribution in [-0.4, -0.2) is 13.2 Å². The predicted molar refractivity (Wildman–Crippen MR) is 116 cm³/mol. The minimum atomic E-state index is -3.52. The van der Waals surface area contributed by atoms with Crippen molar-refractivity contribution in [3.8, 4) is 22.6 Å². The molecular formula is C26H24F4O2. The minimum Gasteiger partial charge on any atom is -0.494 e. The molecule has 3 aromatic rings. The Morgan fingerprint density at radius 3 is 2.16 bits per heavy atom. The van der Waals surface area contributed by atoms with Crippen molar-refractivity contribution in [2.24, 2.45) is 0 Å². The summed E-state index contributed by atoms with van der Waals surface area (Å²) >= 11 is 0. The molecule has 0 aromatic heterocycles. The first-order valence-electron chi connectivity index (χ1n) is 10.7. The molecule has 0 aliphatic heterocycles. The van der Waals surface area contributed by atoms with Crippen LogP contribution >= 0.6 is 0 Å². The number of hydrogen-bond acceptors (Lipinski definition) is 2. The van der Waals surface area contributed by atoms with Gasteiger partial charge in [-0.1, -0.05) is 30.3 Å². The molecule has 1 aliphatic rings. The summed E-state index contributed by atoms with van der Waals surface area (Å²) in [5, 5.41) is 0. The molecule has 2 nitrogen and oxygen atoms in total. The number of rotatable bonds is 7. The zero-order chi connectivity index (χ0) is 22.9. The standard InChI is InChI=1S/C26H24F4O2/c1-3-31-18-10-6-16(7-11-18)5-8-17-9-12-20-19-13-14-22(32-4-2)25(28)21(19)15-26(29,30)23(20)24(17)27/h6-7,9-14H,3-5,8,15H2,1-2H3. The van der Waals surface area contributed by atoms with Gasteiger partial charge in [0, 0.05) is 12.0 Å². The third kappa shape index (κ3) is 4.06. The normalized spacial score (nSPS) is 13.9. The quantitative estimate of drug-likeness (QED) is 0.371. The predicted octanol–water partition coefficient (Wildman–Crippen LogP) is 6.86. The molecule has 0 spiro atoms. The number of hydrogen-bond donors (Lipinski definition) is 0. The van der Waals surface area contributed by atoms with E-state index in [0.717, 1.165) is 11.3 Å². The van der Waals surface area contributed by atoms with Gasteiger partial charge in [0.05, 0.1) is 18.8 Å². The average Bonchev–Trinajstić information content (AvgIpc) is 2.76. The monoisotopic (exact) mass is 444 g/mol. The van der Waals surface area contributed by atoms with Crippen molar-refractivity contribution in [1.29, 1.82) is 0 Å². The lowest BCUT2D eigenvalue weighted by Gasteiger charge is -2.29. The number of ether oxygens (including phenoxy) is 2. The molecule has 0 saturated carbocycles. The topological polar surface area (TPSA) is 18.5 Å². The molecule has 0 saturated heterocycles. The van der Waals surface area contributed by atoms with E-state index < -0.39 is 29.5 Å². The van der Waals surface area contributed by atoms with Gasteiger partial charge in [-0.05, 0) is 67.1 Å². The Labute approximate surface area is 184 Å². The summed E-state index contributed by atoms with van der Waals surface area (Å²) in [6, 6.07) is 13.3. The van der Waals surface area contributed by atoms with E-state index in [-0.39, 0.29) is 41.0 Å². The van der Waals surface area contributed by atoms with Crippen LogP contribution in [0.2, 0.25) is 0 Å². The van der Waals surface area contributed by atoms with E-state index in [4.69, 9.17) is 9.47 Å². The Morgan fingerprint density at radius 1 is 0.781 bits per heavy atom. The maximum absolute atomic E-state index is 15.3. The molecule has 0 bridgehead atoms. The summed E-state index contributed by atoms with van der Waals surface area (Å²) in [5.74, 6) is -4.58. The van der Waals surface area contributed by atoms with Crippen LogP contribution in [-0.2, 0) is 25.2 Å². The molecule has 32 heavy (non-hydrogen) atoms. The summed E-state index contributed by atoms with van der Waals surface area (Å²) in [6.07, 6.45) is -0.133. The fourth-order valence-corrected chi connectivity index (χ4v) is 4.19. The Balaban J connectivity index is 1.66. The van der Waals surface area contributed by atoms with E-state index in [1.54, 1.807) is 6.92 Å². The molecule has 0 amide bonds. The third-order valence-electron chi connectivity index (χ3n) is 5.70. The first-order valence-corrected chi connectivity index (χ1v) is 10.7. The van der Waals surface area contributed by atoms with Crippen LogP contribution in [0.25, 0.3) is 11.1 Å². The Bertz CT molecular complexity index is 1120. The van der Waals surface area contributed by atoms with E-state index in [0.29, 0.717) is 13.0 Å². The van der Waals surface area contributed by atoms with Gasteiger partial charge in [-0.3, -0.25) is 0 Å². The smallest absolute Gasteiger partial charge is 0.280 e. The van der Waals surface area contributed by atoms with E-state index in [9.17, 15) is 4.39 Å². The van der Waals surface area contributed by atoms with Crippen molar-refractivity contribution >= 4 is 0 Å². The van der Waals surface area contributed by atoms with Gasteiger partial charge in [0.15, 0.2) is 11.6 Å². The van der Waals surface area contributed by atoms with Crippen LogP contribution in [0.5, 0.6) is 11.5 Å². The third-order valence-corrected chi connectivity index (χ3v) is 5.70. The summed E-state index contributed by atoms with van der Waals surface area (Å²) in [7, 11) is 0. The number of alkyl halides is 2. The maximum Gasteiger partial charge on any atom is 0.280 e. The van der Waals surface area contributed by atoms with Crippen molar-refractivity contribution in [3.63, 3.8) is 0 Å². The van der Waals surface area contributed by atoms with Gasteiger partial charge < -0.3 is 9.47 Å². The maximum atomic E-state index is 15.3. The molecule has 0 radical (unpaired) electrons. The molecular weight excluding hydrogens is 420 g/mol. The van der Waals surface area contributed by atoms with Crippen molar-refractivity contribution in [2.75, 3.05) is 13.2 Å². The SMILES string of the molecule is CCOc1ccc(CCc2ccc3c(c2F)C(F)(F)Cc2c-3ccc(OCC)c2F)cc1. The lowest BCUT2D eigenvalue weighted by atomic mass is 9.81. The molecule has 0 fully saturated rings. The second-order valence-corrected chi connectivity index (χ2v) is 7.76. The highest BCUT2D eigenvalue weighted by Gasteiger charge is 2.44. The lowest BCUT2D eigenvalue weighted by molar-refractivity contribution is -0.00936. The highest BCUT2D eigenvalue weighted by atomic mass is 19.3. The summed E-state index contributed by atoms with van der Waals surface area (Å²) in [4.78, 5) is 0. The second kappa shape index (κ2) is 8.85. The molecule has 0 atom stereocenters. The zero-order valence-corrected chi connectivity index (χ0v) is 18.0. The number of fused-ring (bicyclic) bond motifs is 3. The van der Waals surface area contributed by atoms with Gasteiger partial charge >= 0.3 is 0 Å². The average molecular weight is 444 g/mol. The first kappa shape index (κ1) is 22.2. The Morgan fingerprint density at radius 2 is 1.47 bits per heavy atom. The van der Waals surface area contributed by atoms with E-state index in [1.165, 1.54) is 24.3 Å². The number of aryl methyl sites for hydroxylation is 2. The van der Waals surface area contributed by atoms with Gasteiger partial charge in [-0.15, -0.1) is 0 Å². The van der Waals surface area contributed by atoms with E-state index in [2.05, 4.69) is 0 Å². The van der Waals surface area contributed by atoms with Crippen molar-refractivity contribution in [3.05, 3.63) is 82.4 Å². The van der Waals surface area contributed by atoms with E-state index in [1.807, 2.05) is 31.2 Å². The van der Waals surface area contributed by atoms with Gasteiger partial charge in [0.2, 0.25) is 0 Å². The molecule has 3 aromatic carbocycles. The Hall–Kier alpha value is -3.02. The number of halogens is 4.